The van der Waals surface area contributed by atoms with Crippen LogP contribution in [0.25, 0.3) is 0 Å². The molecule has 0 aliphatic carbocycles. The van der Waals surface area contributed by atoms with Gasteiger partial charge >= 0.3 is 5.97 Å². The molecule has 0 N–H and O–H groups in total. The van der Waals surface area contributed by atoms with E-state index < -0.39 is 0 Å². The predicted octanol–water partition coefficient (Wildman–Crippen LogP) is 4.97. The fourth-order valence-corrected chi connectivity index (χ4v) is 3.04. The minimum Gasteiger partial charge on any atom is -0.491 e. The van der Waals surface area contributed by atoms with Crippen LogP contribution in [0.2, 0.25) is 0 Å². The lowest BCUT2D eigenvalue weighted by molar-refractivity contribution is -0.142. The first kappa shape index (κ1) is 27.4. The number of hydrogen-bond acceptors (Lipinski definition) is 6. The SMILES string of the molecule is CCCCCCCCCc1ccc(OCCOCCOCCOCCOC(C)=O)cc1. The molecule has 0 spiro atoms. The molecular weight excluding hydrogens is 396 g/mol. The molecule has 0 radical (unpaired) electrons. The molecule has 0 saturated carbocycles. The van der Waals surface area contributed by atoms with E-state index in [4.69, 9.17) is 23.7 Å². The molecule has 0 bridgehead atoms. The Bertz CT molecular complexity index is 531. The average Bonchev–Trinajstić information content (AvgIpc) is 2.77. The first-order chi connectivity index (χ1) is 15.2. The van der Waals surface area contributed by atoms with Crippen molar-refractivity contribution in [3.05, 3.63) is 29.8 Å². The Kier molecular flexibility index (Phi) is 17.9. The summed E-state index contributed by atoms with van der Waals surface area (Å²) in [5, 5.41) is 0. The van der Waals surface area contributed by atoms with Crippen LogP contribution in [-0.2, 0) is 30.2 Å². The summed E-state index contributed by atoms with van der Waals surface area (Å²) in [6, 6.07) is 8.41. The van der Waals surface area contributed by atoms with E-state index in [0.29, 0.717) is 46.2 Å². The molecule has 31 heavy (non-hydrogen) atoms. The van der Waals surface area contributed by atoms with Crippen molar-refractivity contribution in [3.8, 4) is 5.75 Å². The second-order valence-corrected chi connectivity index (χ2v) is 7.54. The van der Waals surface area contributed by atoms with Crippen molar-refractivity contribution in [3.63, 3.8) is 0 Å². The third kappa shape index (κ3) is 17.7. The lowest BCUT2D eigenvalue weighted by Gasteiger charge is -2.09. The molecule has 0 aliphatic heterocycles. The van der Waals surface area contributed by atoms with Crippen molar-refractivity contribution in [1.82, 2.24) is 0 Å². The van der Waals surface area contributed by atoms with Gasteiger partial charge < -0.3 is 23.7 Å². The van der Waals surface area contributed by atoms with Gasteiger partial charge in [0.1, 0.15) is 19.0 Å². The second-order valence-electron chi connectivity index (χ2n) is 7.54. The van der Waals surface area contributed by atoms with E-state index >= 15 is 0 Å². The molecule has 6 nitrogen and oxygen atoms in total. The number of carbonyl (C=O) groups excluding carboxylic acids is 1. The topological polar surface area (TPSA) is 63.2 Å². The molecule has 0 heterocycles. The molecule has 1 aromatic carbocycles. The highest BCUT2D eigenvalue weighted by molar-refractivity contribution is 5.65. The molecule has 1 aromatic rings. The molecule has 6 heteroatoms. The Morgan fingerprint density at radius 2 is 1.19 bits per heavy atom. The van der Waals surface area contributed by atoms with Gasteiger partial charge in [-0.2, -0.15) is 0 Å². The van der Waals surface area contributed by atoms with E-state index in [1.807, 2.05) is 12.1 Å². The van der Waals surface area contributed by atoms with Crippen molar-refractivity contribution in [1.29, 1.82) is 0 Å². The van der Waals surface area contributed by atoms with Crippen molar-refractivity contribution in [2.75, 3.05) is 52.9 Å². The number of aryl methyl sites for hydroxylation is 1. The van der Waals surface area contributed by atoms with Gasteiger partial charge in [-0.1, -0.05) is 57.6 Å². The summed E-state index contributed by atoms with van der Waals surface area (Å²) in [5.74, 6) is 0.589. The number of rotatable bonds is 21. The zero-order valence-electron chi connectivity index (χ0n) is 19.6. The summed E-state index contributed by atoms with van der Waals surface area (Å²) in [6.07, 6.45) is 10.5. The fourth-order valence-electron chi connectivity index (χ4n) is 3.04. The molecule has 0 atom stereocenters. The molecule has 0 aromatic heterocycles. The summed E-state index contributed by atoms with van der Waals surface area (Å²) >= 11 is 0. The number of carbonyl (C=O) groups is 1. The highest BCUT2D eigenvalue weighted by atomic mass is 16.6. The van der Waals surface area contributed by atoms with E-state index in [1.165, 1.54) is 57.4 Å². The zero-order valence-corrected chi connectivity index (χ0v) is 19.6. The van der Waals surface area contributed by atoms with Gasteiger partial charge in [-0.05, 0) is 30.5 Å². The van der Waals surface area contributed by atoms with Crippen molar-refractivity contribution in [2.24, 2.45) is 0 Å². The summed E-state index contributed by atoms with van der Waals surface area (Å²) in [7, 11) is 0. The lowest BCUT2D eigenvalue weighted by Crippen LogP contribution is -2.14. The van der Waals surface area contributed by atoms with Crippen LogP contribution in [0.1, 0.15) is 64.4 Å². The van der Waals surface area contributed by atoms with Crippen LogP contribution >= 0.6 is 0 Å². The van der Waals surface area contributed by atoms with E-state index in [2.05, 4.69) is 19.1 Å². The highest BCUT2D eigenvalue weighted by Crippen LogP contribution is 2.15. The Morgan fingerprint density at radius 1 is 0.677 bits per heavy atom. The summed E-state index contributed by atoms with van der Waals surface area (Å²) < 4.78 is 26.7. The van der Waals surface area contributed by atoms with E-state index in [1.54, 1.807) is 0 Å². The van der Waals surface area contributed by atoms with Crippen LogP contribution in [0.3, 0.4) is 0 Å². The Morgan fingerprint density at radius 3 is 1.77 bits per heavy atom. The zero-order chi connectivity index (χ0) is 22.4. The van der Waals surface area contributed by atoms with Gasteiger partial charge in [0.05, 0.1) is 39.6 Å². The monoisotopic (exact) mass is 438 g/mol. The maximum Gasteiger partial charge on any atom is 0.302 e. The largest absolute Gasteiger partial charge is 0.491 e. The molecule has 178 valence electrons. The third-order valence-corrected chi connectivity index (χ3v) is 4.77. The van der Waals surface area contributed by atoms with Crippen LogP contribution in [0.15, 0.2) is 24.3 Å². The number of hydrogen-bond donors (Lipinski definition) is 0. The van der Waals surface area contributed by atoms with Crippen LogP contribution in [0.4, 0.5) is 0 Å². The molecule has 0 saturated heterocycles. The maximum absolute atomic E-state index is 10.6. The molecule has 0 unspecified atom stereocenters. The van der Waals surface area contributed by atoms with Gasteiger partial charge in [-0.25, -0.2) is 0 Å². The maximum atomic E-state index is 10.6. The normalized spacial score (nSPS) is 10.9. The summed E-state index contributed by atoms with van der Waals surface area (Å²) in [5.41, 5.74) is 1.38. The smallest absolute Gasteiger partial charge is 0.302 e. The van der Waals surface area contributed by atoms with Crippen LogP contribution < -0.4 is 4.74 Å². The Hall–Kier alpha value is -1.63. The minimum absolute atomic E-state index is 0.278. The average molecular weight is 439 g/mol. The van der Waals surface area contributed by atoms with E-state index in [-0.39, 0.29) is 12.6 Å². The van der Waals surface area contributed by atoms with Crippen molar-refractivity contribution < 1.29 is 28.5 Å². The van der Waals surface area contributed by atoms with Crippen LogP contribution in [0.5, 0.6) is 5.75 Å². The standard InChI is InChI=1S/C25H42O6/c1-3-4-5-6-7-8-9-10-24-11-13-25(14-12-24)31-22-20-29-18-16-27-15-17-28-19-21-30-23(2)26/h11-14H,3-10,15-22H2,1-2H3. The molecule has 0 amide bonds. The second kappa shape index (κ2) is 20.3. The van der Waals surface area contributed by atoms with Gasteiger partial charge in [-0.3, -0.25) is 4.79 Å². The first-order valence-corrected chi connectivity index (χ1v) is 11.8. The van der Waals surface area contributed by atoms with Gasteiger partial charge in [0.15, 0.2) is 0 Å². The lowest BCUT2D eigenvalue weighted by atomic mass is 10.0. The Balaban J connectivity index is 1.89. The quantitative estimate of drug-likeness (QED) is 0.199. The first-order valence-electron chi connectivity index (χ1n) is 11.8. The van der Waals surface area contributed by atoms with Crippen LogP contribution in [-0.4, -0.2) is 58.8 Å². The van der Waals surface area contributed by atoms with Crippen molar-refractivity contribution in [2.45, 2.75) is 65.2 Å². The minimum atomic E-state index is -0.295. The predicted molar refractivity (Wildman–Crippen MR) is 123 cm³/mol. The number of benzene rings is 1. The van der Waals surface area contributed by atoms with Gasteiger partial charge in [0.25, 0.3) is 0 Å². The molecule has 1 rings (SSSR count). The third-order valence-electron chi connectivity index (χ3n) is 4.77. The van der Waals surface area contributed by atoms with Crippen LogP contribution in [0, 0.1) is 0 Å². The summed E-state index contributed by atoms with van der Waals surface area (Å²) in [6.45, 7) is 7.35. The Labute approximate surface area is 188 Å². The molecule has 0 fully saturated rings. The van der Waals surface area contributed by atoms with Crippen molar-refractivity contribution >= 4 is 5.97 Å². The van der Waals surface area contributed by atoms with Gasteiger partial charge in [-0.15, -0.1) is 0 Å². The summed E-state index contributed by atoms with van der Waals surface area (Å²) in [4.78, 5) is 10.6. The molecule has 0 aliphatic rings. The highest BCUT2D eigenvalue weighted by Gasteiger charge is 1.98. The number of ether oxygens (including phenoxy) is 5. The fraction of sp³-hybridized carbons (Fsp3) is 0.720. The van der Waals surface area contributed by atoms with Gasteiger partial charge in [0.2, 0.25) is 0 Å². The van der Waals surface area contributed by atoms with Gasteiger partial charge in [0, 0.05) is 6.92 Å². The van der Waals surface area contributed by atoms with E-state index in [9.17, 15) is 4.79 Å². The van der Waals surface area contributed by atoms with E-state index in [0.717, 1.165) is 12.2 Å². The number of esters is 1. The molecular formula is C25H42O6. The number of unbranched alkanes of at least 4 members (excludes halogenated alkanes) is 6.